The number of carboxylic acid groups (broad SMARTS) is 1. The van der Waals surface area contributed by atoms with Gasteiger partial charge in [0.15, 0.2) is 5.16 Å². The van der Waals surface area contributed by atoms with Crippen molar-refractivity contribution < 1.29 is 9.90 Å². The summed E-state index contributed by atoms with van der Waals surface area (Å²) in [5.41, 5.74) is 1.95. The lowest BCUT2D eigenvalue weighted by Gasteiger charge is -2.04. The maximum absolute atomic E-state index is 10.6. The molecule has 1 N–H and O–H groups in total. The van der Waals surface area contributed by atoms with Crippen LogP contribution in [0.2, 0.25) is 0 Å². The van der Waals surface area contributed by atoms with Crippen molar-refractivity contribution in [3.8, 4) is 0 Å². The summed E-state index contributed by atoms with van der Waals surface area (Å²) in [5, 5.41) is 9.37. The molecule has 0 aliphatic rings. The summed E-state index contributed by atoms with van der Waals surface area (Å²) >= 11 is 1.52. The third-order valence-corrected chi connectivity index (χ3v) is 3.28. The van der Waals surface area contributed by atoms with Gasteiger partial charge in [0.05, 0.1) is 0 Å². The van der Waals surface area contributed by atoms with Gasteiger partial charge < -0.3 is 5.11 Å². The summed E-state index contributed by atoms with van der Waals surface area (Å²) < 4.78 is 0. The summed E-state index contributed by atoms with van der Waals surface area (Å²) in [6, 6.07) is 9.45. The van der Waals surface area contributed by atoms with E-state index in [1.807, 2.05) is 24.3 Å². The van der Waals surface area contributed by atoms with Crippen molar-refractivity contribution in [2.24, 2.45) is 0 Å². The molecule has 0 fully saturated rings. The Morgan fingerprint density at radius 2 is 1.95 bits per heavy atom. The van der Waals surface area contributed by atoms with Crippen LogP contribution in [0.5, 0.6) is 0 Å². The van der Waals surface area contributed by atoms with Gasteiger partial charge in [0.1, 0.15) is 0 Å². The lowest BCUT2D eigenvalue weighted by molar-refractivity contribution is -0.131. The fraction of sp³-hybridized carbons (Fsp3) is 0.0714. The van der Waals surface area contributed by atoms with E-state index in [1.165, 1.54) is 11.8 Å². The molecule has 0 bridgehead atoms. The van der Waals surface area contributed by atoms with E-state index in [1.54, 1.807) is 24.5 Å². The molecule has 0 saturated heterocycles. The molecule has 19 heavy (non-hydrogen) atoms. The predicted molar refractivity (Wildman–Crippen MR) is 74.7 cm³/mol. The fourth-order valence-electron chi connectivity index (χ4n) is 1.49. The van der Waals surface area contributed by atoms with Gasteiger partial charge in [0.25, 0.3) is 0 Å². The smallest absolute Gasteiger partial charge is 0.328 e. The molecule has 1 aromatic carbocycles. The molecule has 96 valence electrons. The van der Waals surface area contributed by atoms with Crippen LogP contribution in [0.15, 0.2) is 54.0 Å². The number of thioether (sulfide) groups is 1. The van der Waals surface area contributed by atoms with E-state index >= 15 is 0 Å². The Morgan fingerprint density at radius 1 is 1.21 bits per heavy atom. The topological polar surface area (TPSA) is 63.1 Å². The Balaban J connectivity index is 2.10. The molecule has 0 aliphatic heterocycles. The Kier molecular flexibility index (Phi) is 4.69. The molecule has 2 aromatic rings. The van der Waals surface area contributed by atoms with Gasteiger partial charge in [-0.15, -0.1) is 0 Å². The Morgan fingerprint density at radius 3 is 2.68 bits per heavy atom. The maximum atomic E-state index is 10.6. The van der Waals surface area contributed by atoms with E-state index in [9.17, 15) is 4.79 Å². The van der Waals surface area contributed by atoms with Crippen molar-refractivity contribution in [3.63, 3.8) is 0 Å². The van der Waals surface area contributed by atoms with Crippen molar-refractivity contribution in [1.29, 1.82) is 0 Å². The first-order valence-electron chi connectivity index (χ1n) is 5.64. The zero-order chi connectivity index (χ0) is 13.5. The maximum Gasteiger partial charge on any atom is 0.328 e. The van der Waals surface area contributed by atoms with Crippen LogP contribution in [0.1, 0.15) is 11.1 Å². The number of hydrogen-bond acceptors (Lipinski definition) is 4. The van der Waals surface area contributed by atoms with E-state index in [2.05, 4.69) is 9.97 Å². The van der Waals surface area contributed by atoms with E-state index in [4.69, 9.17) is 5.11 Å². The predicted octanol–water partition coefficient (Wildman–Crippen LogP) is 2.87. The van der Waals surface area contributed by atoms with Crippen molar-refractivity contribution in [1.82, 2.24) is 9.97 Å². The van der Waals surface area contributed by atoms with Crippen LogP contribution < -0.4 is 0 Å². The van der Waals surface area contributed by atoms with Crippen LogP contribution in [0, 0.1) is 0 Å². The average Bonchev–Trinajstić information content (AvgIpc) is 2.45. The molecule has 0 aliphatic carbocycles. The Labute approximate surface area is 115 Å². The number of carbonyl (C=O) groups is 1. The van der Waals surface area contributed by atoms with E-state index < -0.39 is 5.97 Å². The minimum absolute atomic E-state index is 0.699. The van der Waals surface area contributed by atoms with E-state index in [0.717, 1.165) is 17.2 Å². The second kappa shape index (κ2) is 6.70. The van der Waals surface area contributed by atoms with Gasteiger partial charge in [-0.2, -0.15) is 0 Å². The quantitative estimate of drug-likeness (QED) is 0.515. The van der Waals surface area contributed by atoms with Crippen LogP contribution in [0.3, 0.4) is 0 Å². The first kappa shape index (κ1) is 13.3. The number of benzene rings is 1. The summed E-state index contributed by atoms with van der Waals surface area (Å²) in [4.78, 5) is 18.8. The summed E-state index contributed by atoms with van der Waals surface area (Å²) in [6.07, 6.45) is 6.14. The molecule has 0 amide bonds. The van der Waals surface area contributed by atoms with Crippen LogP contribution in [-0.2, 0) is 10.5 Å². The molecule has 1 heterocycles. The SMILES string of the molecule is O=C(O)/C=C/c1ccccc1CSc1ncccn1. The van der Waals surface area contributed by atoms with Gasteiger partial charge in [-0.05, 0) is 23.3 Å². The highest BCUT2D eigenvalue weighted by Gasteiger charge is 2.02. The highest BCUT2D eigenvalue weighted by molar-refractivity contribution is 7.98. The molecule has 0 radical (unpaired) electrons. The van der Waals surface area contributed by atoms with Crippen LogP contribution in [-0.4, -0.2) is 21.0 Å². The molecule has 0 spiro atoms. The van der Waals surface area contributed by atoms with Crippen molar-refractivity contribution in [2.45, 2.75) is 10.9 Å². The second-order valence-electron chi connectivity index (χ2n) is 3.69. The highest BCUT2D eigenvalue weighted by Crippen LogP contribution is 2.21. The van der Waals surface area contributed by atoms with Gasteiger partial charge in [-0.25, -0.2) is 14.8 Å². The zero-order valence-corrected chi connectivity index (χ0v) is 10.9. The molecule has 5 heteroatoms. The fourth-order valence-corrected chi connectivity index (χ4v) is 2.31. The van der Waals surface area contributed by atoms with Gasteiger partial charge in [-0.3, -0.25) is 0 Å². The molecule has 0 saturated carbocycles. The molecular formula is C14H12N2O2S. The normalized spacial score (nSPS) is 10.7. The van der Waals surface area contributed by atoms with Gasteiger partial charge >= 0.3 is 5.97 Å². The van der Waals surface area contributed by atoms with Crippen LogP contribution in [0.4, 0.5) is 0 Å². The third kappa shape index (κ3) is 4.22. The highest BCUT2D eigenvalue weighted by atomic mass is 32.2. The largest absolute Gasteiger partial charge is 0.478 e. The number of aromatic nitrogens is 2. The molecule has 2 rings (SSSR count). The zero-order valence-electron chi connectivity index (χ0n) is 10.1. The molecule has 4 nitrogen and oxygen atoms in total. The second-order valence-corrected chi connectivity index (χ2v) is 4.63. The minimum atomic E-state index is -0.950. The first-order chi connectivity index (χ1) is 9.25. The number of aliphatic carboxylic acids is 1. The van der Waals surface area contributed by atoms with Gasteiger partial charge in [0.2, 0.25) is 0 Å². The number of carboxylic acids is 1. The van der Waals surface area contributed by atoms with Crippen molar-refractivity contribution in [2.75, 3.05) is 0 Å². The Hall–Kier alpha value is -2.14. The molecule has 0 atom stereocenters. The Bertz CT molecular complexity index is 585. The summed E-state index contributed by atoms with van der Waals surface area (Å²) in [5.74, 6) is -0.252. The molecule has 1 aromatic heterocycles. The first-order valence-corrected chi connectivity index (χ1v) is 6.63. The van der Waals surface area contributed by atoms with Gasteiger partial charge in [-0.1, -0.05) is 36.0 Å². The number of hydrogen-bond donors (Lipinski definition) is 1. The lowest BCUT2D eigenvalue weighted by atomic mass is 10.1. The minimum Gasteiger partial charge on any atom is -0.478 e. The van der Waals surface area contributed by atoms with Crippen molar-refractivity contribution in [3.05, 3.63) is 59.9 Å². The van der Waals surface area contributed by atoms with Gasteiger partial charge in [0, 0.05) is 24.2 Å². The lowest BCUT2D eigenvalue weighted by Crippen LogP contribution is -1.90. The van der Waals surface area contributed by atoms with E-state index in [-0.39, 0.29) is 0 Å². The standard InChI is InChI=1S/C14H12N2O2S/c17-13(18)7-6-11-4-1-2-5-12(11)10-19-14-15-8-3-9-16-14/h1-9H,10H2,(H,17,18)/b7-6+. The average molecular weight is 272 g/mol. The number of rotatable bonds is 5. The number of nitrogens with zero attached hydrogens (tertiary/aromatic N) is 2. The summed E-state index contributed by atoms with van der Waals surface area (Å²) in [7, 11) is 0. The monoisotopic (exact) mass is 272 g/mol. The van der Waals surface area contributed by atoms with Crippen molar-refractivity contribution >= 4 is 23.8 Å². The molecule has 0 unspecified atom stereocenters. The van der Waals surface area contributed by atoms with Crippen LogP contribution in [0.25, 0.3) is 6.08 Å². The third-order valence-electron chi connectivity index (χ3n) is 2.36. The van der Waals surface area contributed by atoms with Crippen LogP contribution >= 0.6 is 11.8 Å². The van der Waals surface area contributed by atoms with E-state index in [0.29, 0.717) is 10.9 Å². The summed E-state index contributed by atoms with van der Waals surface area (Å²) in [6.45, 7) is 0. The molecular weight excluding hydrogens is 260 g/mol.